The van der Waals surface area contributed by atoms with E-state index < -0.39 is 0 Å². The Kier molecular flexibility index (Phi) is 11.3. The molecule has 0 unspecified atom stereocenters. The van der Waals surface area contributed by atoms with Gasteiger partial charge in [0, 0.05) is 95.5 Å². The summed E-state index contributed by atoms with van der Waals surface area (Å²) in [6.45, 7) is 7.93. The first-order valence-corrected chi connectivity index (χ1v) is 19.2. The van der Waals surface area contributed by atoms with Crippen molar-refractivity contribution in [3.63, 3.8) is 0 Å². The zero-order chi connectivity index (χ0) is 37.8. The van der Waals surface area contributed by atoms with Gasteiger partial charge in [0.15, 0.2) is 11.5 Å². The molecular weight excluding hydrogens is 706 g/mol. The molecule has 2 aliphatic heterocycles. The van der Waals surface area contributed by atoms with Crippen LogP contribution in [0.3, 0.4) is 0 Å². The quantitative estimate of drug-likeness (QED) is 0.269. The fourth-order valence-corrected chi connectivity index (χ4v) is 7.92. The zero-order valence-electron chi connectivity index (χ0n) is 30.8. The predicted molar refractivity (Wildman–Crippen MR) is 208 cm³/mol. The van der Waals surface area contributed by atoms with E-state index in [0.29, 0.717) is 74.7 Å². The van der Waals surface area contributed by atoms with Gasteiger partial charge in [-0.15, -0.1) is 10.2 Å². The summed E-state index contributed by atoms with van der Waals surface area (Å²) in [6.07, 6.45) is 6.07. The van der Waals surface area contributed by atoms with Crippen LogP contribution >= 0.6 is 11.6 Å². The molecule has 3 amide bonds. The smallest absolute Gasteiger partial charge is 0.320 e. The second-order valence-corrected chi connectivity index (χ2v) is 14.8. The highest BCUT2D eigenvalue weighted by molar-refractivity contribution is 6.32. The van der Waals surface area contributed by atoms with Gasteiger partial charge < -0.3 is 29.9 Å². The first-order valence-electron chi connectivity index (χ1n) is 18.8. The van der Waals surface area contributed by atoms with E-state index in [0.717, 1.165) is 66.6 Å². The number of aromatic nitrogens is 4. The molecule has 2 saturated heterocycles. The summed E-state index contributed by atoms with van der Waals surface area (Å²) in [5.41, 5.74) is 4.97. The van der Waals surface area contributed by atoms with Crippen molar-refractivity contribution in [1.82, 2.24) is 40.2 Å². The van der Waals surface area contributed by atoms with E-state index in [1.807, 2.05) is 60.3 Å². The van der Waals surface area contributed by atoms with E-state index in [4.69, 9.17) is 16.9 Å². The summed E-state index contributed by atoms with van der Waals surface area (Å²) < 4.78 is 0. The number of aryl methyl sites for hydroxylation is 1. The van der Waals surface area contributed by atoms with Crippen molar-refractivity contribution in [3.8, 4) is 6.07 Å². The van der Waals surface area contributed by atoms with Crippen molar-refractivity contribution in [2.75, 3.05) is 69.2 Å². The molecular formula is C39H46ClN11O3. The lowest BCUT2D eigenvalue weighted by Crippen LogP contribution is -2.56. The third kappa shape index (κ3) is 8.27. The molecule has 2 N–H and O–H groups in total. The van der Waals surface area contributed by atoms with Crippen molar-refractivity contribution in [1.29, 1.82) is 5.26 Å². The molecule has 1 saturated carbocycles. The number of hydrogen-bond acceptors (Lipinski definition) is 10. The number of nitriles is 1. The number of piperazine rings is 2. The van der Waals surface area contributed by atoms with Crippen LogP contribution in [0.2, 0.25) is 5.02 Å². The minimum absolute atomic E-state index is 0.0587. The number of pyridine rings is 2. The predicted octanol–water partition coefficient (Wildman–Crippen LogP) is 4.04. The van der Waals surface area contributed by atoms with Crippen LogP contribution in [0.15, 0.2) is 53.5 Å². The Labute approximate surface area is 319 Å². The lowest BCUT2D eigenvalue weighted by molar-refractivity contribution is 0.0919. The number of fused-ring (bicyclic) bond motifs is 1. The SMILES string of the molecule is CCc1cc2ncc(CN3CCN(C(=O)N4CCN(c5ccc(C(=O)NC6CCC(N(C)c7ccc(C#N)c(Cl)c7)CC6)nn5)CC4)CC3)cc2[nH]c1=O. The number of urea groups is 1. The highest BCUT2D eigenvalue weighted by Gasteiger charge is 2.29. The van der Waals surface area contributed by atoms with E-state index in [1.165, 1.54) is 0 Å². The minimum atomic E-state index is -0.226. The van der Waals surface area contributed by atoms with Crippen molar-refractivity contribution in [3.05, 3.63) is 86.4 Å². The molecule has 7 rings (SSSR count). The van der Waals surface area contributed by atoms with E-state index in [-0.39, 0.29) is 29.2 Å². The molecule has 4 aromatic rings. The summed E-state index contributed by atoms with van der Waals surface area (Å²) >= 11 is 6.25. The fourth-order valence-electron chi connectivity index (χ4n) is 7.70. The maximum Gasteiger partial charge on any atom is 0.320 e. The summed E-state index contributed by atoms with van der Waals surface area (Å²) in [5, 5.41) is 21.4. The Hall–Kier alpha value is -5.26. The van der Waals surface area contributed by atoms with Crippen molar-refractivity contribution >= 4 is 46.1 Å². The Morgan fingerprint density at radius 3 is 2.33 bits per heavy atom. The van der Waals surface area contributed by atoms with Crippen molar-refractivity contribution in [2.24, 2.45) is 0 Å². The molecule has 3 aromatic heterocycles. The summed E-state index contributed by atoms with van der Waals surface area (Å²) in [6, 6.07) is 15.4. The fraction of sp³-hybridized carbons (Fsp3) is 0.462. The van der Waals surface area contributed by atoms with Crippen LogP contribution < -0.4 is 20.7 Å². The van der Waals surface area contributed by atoms with Gasteiger partial charge >= 0.3 is 6.03 Å². The topological polar surface area (TPSA) is 158 Å². The molecule has 0 atom stereocenters. The van der Waals surface area contributed by atoms with Crippen LogP contribution in [0, 0.1) is 11.3 Å². The maximum absolute atomic E-state index is 13.4. The normalized spacial score (nSPS) is 19.4. The molecule has 5 heterocycles. The van der Waals surface area contributed by atoms with Gasteiger partial charge in [-0.3, -0.25) is 19.5 Å². The largest absolute Gasteiger partial charge is 0.372 e. The number of carbonyl (C=O) groups is 2. The molecule has 282 valence electrons. The average Bonchev–Trinajstić information content (AvgIpc) is 3.20. The Morgan fingerprint density at radius 1 is 0.963 bits per heavy atom. The molecule has 0 spiro atoms. The summed E-state index contributed by atoms with van der Waals surface area (Å²) in [4.78, 5) is 56.7. The number of amides is 3. The van der Waals surface area contributed by atoms with Crippen LogP contribution in [0.5, 0.6) is 0 Å². The summed E-state index contributed by atoms with van der Waals surface area (Å²) in [5.74, 6) is 0.466. The van der Waals surface area contributed by atoms with E-state index in [1.54, 1.807) is 12.1 Å². The molecule has 15 heteroatoms. The van der Waals surface area contributed by atoms with Gasteiger partial charge in [-0.2, -0.15) is 5.26 Å². The number of aromatic amines is 1. The zero-order valence-corrected chi connectivity index (χ0v) is 31.6. The number of anilines is 2. The van der Waals surface area contributed by atoms with Gasteiger partial charge in [0.25, 0.3) is 11.5 Å². The Balaban J connectivity index is 0.828. The van der Waals surface area contributed by atoms with Gasteiger partial charge in [0.1, 0.15) is 6.07 Å². The van der Waals surface area contributed by atoms with Gasteiger partial charge in [-0.1, -0.05) is 18.5 Å². The molecule has 1 aliphatic carbocycles. The third-order valence-electron chi connectivity index (χ3n) is 11.1. The molecule has 0 radical (unpaired) electrons. The van der Waals surface area contributed by atoms with Gasteiger partial charge in [0.2, 0.25) is 0 Å². The second-order valence-electron chi connectivity index (χ2n) is 14.4. The third-order valence-corrected chi connectivity index (χ3v) is 11.4. The number of nitrogens with zero attached hydrogens (tertiary/aromatic N) is 9. The first kappa shape index (κ1) is 37.1. The van der Waals surface area contributed by atoms with Crippen LogP contribution in [0.4, 0.5) is 16.3 Å². The number of halogens is 1. The maximum atomic E-state index is 13.4. The Morgan fingerprint density at radius 2 is 1.69 bits per heavy atom. The van der Waals surface area contributed by atoms with Crippen molar-refractivity contribution < 1.29 is 9.59 Å². The highest BCUT2D eigenvalue weighted by Crippen LogP contribution is 2.29. The first-order chi connectivity index (χ1) is 26.2. The van der Waals surface area contributed by atoms with E-state index >= 15 is 0 Å². The van der Waals surface area contributed by atoms with E-state index in [9.17, 15) is 14.4 Å². The average molecular weight is 752 g/mol. The van der Waals surface area contributed by atoms with Crippen molar-refractivity contribution in [2.45, 2.75) is 57.7 Å². The molecule has 0 bridgehead atoms. The number of carbonyl (C=O) groups excluding carboxylic acids is 2. The lowest BCUT2D eigenvalue weighted by atomic mass is 9.90. The van der Waals surface area contributed by atoms with E-state index in [2.05, 4.69) is 46.3 Å². The summed E-state index contributed by atoms with van der Waals surface area (Å²) in [7, 11) is 2.04. The van der Waals surface area contributed by atoms with Crippen LogP contribution in [-0.4, -0.2) is 118 Å². The lowest BCUT2D eigenvalue weighted by Gasteiger charge is -2.40. The number of benzene rings is 1. The molecule has 1 aromatic carbocycles. The number of rotatable bonds is 8. The number of H-pyrrole nitrogens is 1. The minimum Gasteiger partial charge on any atom is -0.372 e. The second kappa shape index (κ2) is 16.4. The van der Waals surface area contributed by atoms with Crippen LogP contribution in [0.25, 0.3) is 11.0 Å². The highest BCUT2D eigenvalue weighted by atomic mass is 35.5. The van der Waals surface area contributed by atoms with Gasteiger partial charge in [-0.05, 0) is 80.1 Å². The molecule has 3 aliphatic rings. The Bertz CT molecular complexity index is 2080. The van der Waals surface area contributed by atoms with Crippen LogP contribution in [-0.2, 0) is 13.0 Å². The molecule has 3 fully saturated rings. The molecule has 54 heavy (non-hydrogen) atoms. The number of nitrogens with one attached hydrogen (secondary N) is 2. The standard InChI is InChI=1S/C39H46ClN11O3/c1-3-27-21-34-35(44-37(27)52)20-26(24-42-34)25-48-12-14-50(15-13-48)39(54)51-18-16-49(17-19-51)36-11-10-33(45-46-36)38(53)43-29-5-8-30(9-6-29)47(2)31-7-4-28(23-41)32(40)22-31/h4,7,10-11,20-22,24,29-30H,3,5-6,8-9,12-19,25H2,1-2H3,(H,43,53)(H,44,52). The molecule has 14 nitrogen and oxygen atoms in total. The van der Waals surface area contributed by atoms with Gasteiger partial charge in [-0.25, -0.2) is 4.79 Å². The van der Waals surface area contributed by atoms with Gasteiger partial charge in [0.05, 0.1) is 21.6 Å². The monoisotopic (exact) mass is 751 g/mol. The van der Waals surface area contributed by atoms with Crippen LogP contribution in [0.1, 0.15) is 59.8 Å². The number of hydrogen-bond donors (Lipinski definition) is 2.